The highest BCUT2D eigenvalue weighted by Gasteiger charge is 2.18. The van der Waals surface area contributed by atoms with Gasteiger partial charge in [0, 0.05) is 37.5 Å². The van der Waals surface area contributed by atoms with Crippen LogP contribution in [0.15, 0.2) is 65.8 Å². The van der Waals surface area contributed by atoms with Gasteiger partial charge in [0.2, 0.25) is 0 Å². The molecule has 0 aliphatic carbocycles. The standard InChI is InChI=1S/C25H26N6O3/c1-18-23-21(27-15-20-8-5-9-26-24(20)30-10-12-33-13-11-30)14-22(32)31(25(23)29-17-28-18)34-16-19-6-3-2-4-7-19/h2-9,14,17,27H,10-13,15-16H2,1H3. The summed E-state index contributed by atoms with van der Waals surface area (Å²) in [6, 6.07) is 15.2. The molecule has 9 heteroatoms. The van der Waals surface area contributed by atoms with E-state index < -0.39 is 0 Å². The molecule has 0 atom stereocenters. The highest BCUT2D eigenvalue weighted by Crippen LogP contribution is 2.25. The van der Waals surface area contributed by atoms with Crippen molar-refractivity contribution in [2.24, 2.45) is 0 Å². The summed E-state index contributed by atoms with van der Waals surface area (Å²) in [6.07, 6.45) is 3.24. The van der Waals surface area contributed by atoms with Gasteiger partial charge in [-0.15, -0.1) is 4.73 Å². The molecular weight excluding hydrogens is 432 g/mol. The van der Waals surface area contributed by atoms with Crippen LogP contribution < -0.4 is 20.6 Å². The Balaban J connectivity index is 1.44. The molecule has 1 aliphatic heterocycles. The van der Waals surface area contributed by atoms with Crippen LogP contribution in [0.2, 0.25) is 0 Å². The number of benzene rings is 1. The summed E-state index contributed by atoms with van der Waals surface area (Å²) in [6.45, 7) is 5.62. The smallest absolute Gasteiger partial charge is 0.287 e. The highest BCUT2D eigenvalue weighted by molar-refractivity contribution is 5.90. The lowest BCUT2D eigenvalue weighted by molar-refractivity contribution is 0.0979. The van der Waals surface area contributed by atoms with Gasteiger partial charge in [-0.05, 0) is 18.6 Å². The fourth-order valence-corrected chi connectivity index (χ4v) is 4.09. The van der Waals surface area contributed by atoms with Crippen LogP contribution in [-0.2, 0) is 17.9 Å². The van der Waals surface area contributed by atoms with Crippen molar-refractivity contribution in [2.75, 3.05) is 36.5 Å². The van der Waals surface area contributed by atoms with E-state index in [1.807, 2.05) is 49.4 Å². The summed E-state index contributed by atoms with van der Waals surface area (Å²) in [7, 11) is 0. The van der Waals surface area contributed by atoms with E-state index in [-0.39, 0.29) is 12.2 Å². The molecule has 3 aromatic heterocycles. The Morgan fingerprint density at radius 1 is 1.06 bits per heavy atom. The zero-order valence-electron chi connectivity index (χ0n) is 19.0. The van der Waals surface area contributed by atoms with Gasteiger partial charge in [0.15, 0.2) is 5.65 Å². The van der Waals surface area contributed by atoms with Gasteiger partial charge in [-0.25, -0.2) is 15.0 Å². The number of hydrogen-bond acceptors (Lipinski definition) is 8. The molecule has 1 aromatic carbocycles. The van der Waals surface area contributed by atoms with Gasteiger partial charge in [0.1, 0.15) is 18.8 Å². The minimum atomic E-state index is -0.302. The topological polar surface area (TPSA) is 94.4 Å². The van der Waals surface area contributed by atoms with Crippen LogP contribution in [0.1, 0.15) is 16.8 Å². The van der Waals surface area contributed by atoms with Gasteiger partial charge < -0.3 is 19.8 Å². The number of ether oxygens (including phenoxy) is 1. The number of rotatable bonds is 7. The quantitative estimate of drug-likeness (QED) is 0.452. The van der Waals surface area contributed by atoms with Crippen LogP contribution in [0, 0.1) is 6.92 Å². The van der Waals surface area contributed by atoms with E-state index in [9.17, 15) is 4.79 Å². The van der Waals surface area contributed by atoms with Gasteiger partial charge in [-0.3, -0.25) is 4.79 Å². The fraction of sp³-hybridized carbons (Fsp3) is 0.280. The van der Waals surface area contributed by atoms with Crippen molar-refractivity contribution in [1.29, 1.82) is 0 Å². The third kappa shape index (κ3) is 4.55. The molecule has 0 unspecified atom stereocenters. The maximum atomic E-state index is 13.0. The number of hydrogen-bond donors (Lipinski definition) is 1. The van der Waals surface area contributed by atoms with Crippen LogP contribution in [0.25, 0.3) is 11.0 Å². The summed E-state index contributed by atoms with van der Waals surface area (Å²) in [5.41, 5.74) is 3.54. The van der Waals surface area contributed by atoms with Gasteiger partial charge in [-0.2, -0.15) is 0 Å². The second-order valence-electron chi connectivity index (χ2n) is 8.05. The largest absolute Gasteiger partial charge is 0.404 e. The van der Waals surface area contributed by atoms with Gasteiger partial charge in [0.25, 0.3) is 5.56 Å². The molecule has 0 bridgehead atoms. The first-order chi connectivity index (χ1) is 16.7. The molecule has 174 valence electrons. The van der Waals surface area contributed by atoms with Crippen LogP contribution in [0.3, 0.4) is 0 Å². The molecular formula is C25H26N6O3. The van der Waals surface area contributed by atoms with Crippen molar-refractivity contribution >= 4 is 22.5 Å². The normalized spacial score (nSPS) is 13.7. The summed E-state index contributed by atoms with van der Waals surface area (Å²) >= 11 is 0. The number of aromatic nitrogens is 4. The van der Waals surface area contributed by atoms with E-state index in [4.69, 9.17) is 9.57 Å². The molecule has 0 amide bonds. The Morgan fingerprint density at radius 3 is 2.71 bits per heavy atom. The van der Waals surface area contributed by atoms with Gasteiger partial charge in [0.05, 0.1) is 30.0 Å². The van der Waals surface area contributed by atoms with Crippen molar-refractivity contribution in [2.45, 2.75) is 20.1 Å². The monoisotopic (exact) mass is 458 g/mol. The second kappa shape index (κ2) is 9.88. The summed E-state index contributed by atoms with van der Waals surface area (Å²) in [5, 5.41) is 4.16. The van der Waals surface area contributed by atoms with Crippen LogP contribution >= 0.6 is 0 Å². The Morgan fingerprint density at radius 2 is 1.88 bits per heavy atom. The van der Waals surface area contributed by atoms with Crippen molar-refractivity contribution in [3.63, 3.8) is 0 Å². The predicted molar refractivity (Wildman–Crippen MR) is 130 cm³/mol. The van der Waals surface area contributed by atoms with E-state index in [1.54, 1.807) is 6.20 Å². The van der Waals surface area contributed by atoms with E-state index in [0.29, 0.717) is 31.1 Å². The minimum Gasteiger partial charge on any atom is -0.404 e. The first kappa shape index (κ1) is 21.8. The van der Waals surface area contributed by atoms with Gasteiger partial charge in [-0.1, -0.05) is 36.4 Å². The molecule has 0 radical (unpaired) electrons. The molecule has 1 N–H and O–H groups in total. The third-order valence-electron chi connectivity index (χ3n) is 5.80. The molecule has 34 heavy (non-hydrogen) atoms. The number of nitrogens with one attached hydrogen (secondary N) is 1. The van der Waals surface area contributed by atoms with Crippen LogP contribution in [-0.4, -0.2) is 46.0 Å². The molecule has 4 heterocycles. The SMILES string of the molecule is Cc1ncnc2c1c(NCc1cccnc1N1CCOCC1)cc(=O)n2OCc1ccccc1. The predicted octanol–water partition coefficient (Wildman–Crippen LogP) is 2.57. The van der Waals surface area contributed by atoms with Crippen LogP contribution in [0.5, 0.6) is 0 Å². The number of aryl methyl sites for hydroxylation is 1. The summed E-state index contributed by atoms with van der Waals surface area (Å²) in [4.78, 5) is 34.4. The molecule has 1 saturated heterocycles. The van der Waals surface area contributed by atoms with Crippen molar-refractivity contribution in [1.82, 2.24) is 19.7 Å². The lowest BCUT2D eigenvalue weighted by Gasteiger charge is -2.29. The summed E-state index contributed by atoms with van der Waals surface area (Å²) in [5.74, 6) is 0.926. The zero-order valence-corrected chi connectivity index (χ0v) is 19.0. The van der Waals surface area contributed by atoms with E-state index in [2.05, 4.69) is 25.2 Å². The molecule has 9 nitrogen and oxygen atoms in total. The zero-order chi connectivity index (χ0) is 23.3. The highest BCUT2D eigenvalue weighted by atomic mass is 16.7. The number of fused-ring (bicyclic) bond motifs is 1. The minimum absolute atomic E-state index is 0.254. The lowest BCUT2D eigenvalue weighted by Crippen LogP contribution is -2.37. The first-order valence-electron chi connectivity index (χ1n) is 11.3. The first-order valence-corrected chi connectivity index (χ1v) is 11.3. The second-order valence-corrected chi connectivity index (χ2v) is 8.05. The Labute approximate surface area is 197 Å². The maximum Gasteiger partial charge on any atom is 0.287 e. The molecule has 5 rings (SSSR count). The van der Waals surface area contributed by atoms with Crippen molar-refractivity contribution in [3.05, 3.63) is 88.2 Å². The average Bonchev–Trinajstić information content (AvgIpc) is 2.88. The molecule has 0 spiro atoms. The molecule has 0 saturated carbocycles. The Hall–Kier alpha value is -3.98. The van der Waals surface area contributed by atoms with E-state index >= 15 is 0 Å². The lowest BCUT2D eigenvalue weighted by atomic mass is 10.2. The molecule has 4 aromatic rings. The van der Waals surface area contributed by atoms with E-state index in [1.165, 1.54) is 17.1 Å². The third-order valence-corrected chi connectivity index (χ3v) is 5.80. The molecule has 1 aliphatic rings. The number of pyridine rings is 2. The average molecular weight is 459 g/mol. The number of nitrogens with zero attached hydrogens (tertiary/aromatic N) is 5. The molecule has 1 fully saturated rings. The maximum absolute atomic E-state index is 13.0. The van der Waals surface area contributed by atoms with E-state index in [0.717, 1.165) is 41.1 Å². The Kier molecular flexibility index (Phi) is 6.35. The van der Waals surface area contributed by atoms with Crippen LogP contribution in [0.4, 0.5) is 11.5 Å². The van der Waals surface area contributed by atoms with Crippen molar-refractivity contribution in [3.8, 4) is 0 Å². The van der Waals surface area contributed by atoms with Gasteiger partial charge >= 0.3 is 0 Å². The number of anilines is 2. The summed E-state index contributed by atoms with van der Waals surface area (Å²) < 4.78 is 6.72. The Bertz CT molecular complexity index is 1340. The fourth-order valence-electron chi connectivity index (χ4n) is 4.09. The number of morpholine rings is 1. The van der Waals surface area contributed by atoms with Crippen molar-refractivity contribution < 1.29 is 9.57 Å².